The van der Waals surface area contributed by atoms with E-state index >= 15 is 0 Å². The molecule has 0 fully saturated rings. The van der Waals surface area contributed by atoms with Crippen LogP contribution in [0.15, 0.2) is 29.3 Å². The molecule has 0 spiro atoms. The third kappa shape index (κ3) is 4.32. The molecule has 1 rings (SSSR count). The highest BCUT2D eigenvalue weighted by Crippen LogP contribution is 2.23. The largest absolute Gasteiger partial charge is 0.492 e. The Bertz CT molecular complexity index is 365. The van der Waals surface area contributed by atoms with Gasteiger partial charge in [0, 0.05) is 6.54 Å². The molecule has 1 aromatic carbocycles. The number of benzene rings is 1. The van der Waals surface area contributed by atoms with Gasteiger partial charge in [0.05, 0.1) is 12.3 Å². The molecule has 0 saturated heterocycles. The minimum Gasteiger partial charge on any atom is -0.492 e. The average Bonchev–Trinajstić information content (AvgIpc) is 2.36. The first-order valence-corrected chi connectivity index (χ1v) is 5.81. The fourth-order valence-corrected chi connectivity index (χ4v) is 1.32. The van der Waals surface area contributed by atoms with E-state index in [1.54, 1.807) is 0 Å². The van der Waals surface area contributed by atoms with Gasteiger partial charge in [-0.1, -0.05) is 19.1 Å². The lowest BCUT2D eigenvalue weighted by molar-refractivity contribution is 0.342. The van der Waals surface area contributed by atoms with Gasteiger partial charge in [-0.05, 0) is 25.5 Å². The second kappa shape index (κ2) is 7.51. The molecule has 0 aliphatic rings. The Balaban J connectivity index is 2.78. The van der Waals surface area contributed by atoms with Crippen LogP contribution in [-0.4, -0.2) is 19.1 Å². The van der Waals surface area contributed by atoms with Gasteiger partial charge < -0.3 is 10.1 Å². The summed E-state index contributed by atoms with van der Waals surface area (Å²) in [6.07, 6.45) is 0.972. The molecule has 5 heteroatoms. The molecular weight excluding hydrogens is 216 g/mol. The standard InChI is InChI=1S/C12H20N4O/c1-3-9-14-12(16-13)15-10-7-5-6-8-11(10)17-4-2/h5-8H,3-4,9,13H2,1-2H3,(H2,14,15,16). The molecule has 0 aliphatic carbocycles. The van der Waals surface area contributed by atoms with Crippen molar-refractivity contribution in [1.29, 1.82) is 0 Å². The number of anilines is 1. The molecule has 0 radical (unpaired) electrons. The number of guanidine groups is 1. The molecule has 0 amide bonds. The van der Waals surface area contributed by atoms with Crippen LogP contribution in [0, 0.1) is 0 Å². The van der Waals surface area contributed by atoms with E-state index in [-0.39, 0.29) is 0 Å². The van der Waals surface area contributed by atoms with Crippen molar-refractivity contribution in [2.75, 3.05) is 18.5 Å². The van der Waals surface area contributed by atoms with Crippen LogP contribution in [0.3, 0.4) is 0 Å². The molecule has 1 aromatic rings. The van der Waals surface area contributed by atoms with Crippen molar-refractivity contribution >= 4 is 11.6 Å². The third-order valence-electron chi connectivity index (χ3n) is 2.07. The Labute approximate surface area is 102 Å². The number of rotatable bonds is 5. The van der Waals surface area contributed by atoms with E-state index < -0.39 is 0 Å². The van der Waals surface area contributed by atoms with Crippen molar-refractivity contribution < 1.29 is 4.74 Å². The highest BCUT2D eigenvalue weighted by atomic mass is 16.5. The molecule has 4 N–H and O–H groups in total. The van der Waals surface area contributed by atoms with Gasteiger partial charge in [0.1, 0.15) is 5.75 Å². The van der Waals surface area contributed by atoms with Crippen molar-refractivity contribution in [2.45, 2.75) is 20.3 Å². The smallest absolute Gasteiger partial charge is 0.210 e. The Morgan fingerprint density at radius 2 is 2.12 bits per heavy atom. The van der Waals surface area contributed by atoms with Crippen LogP contribution in [0.5, 0.6) is 5.75 Å². The molecule has 17 heavy (non-hydrogen) atoms. The first-order chi connectivity index (χ1) is 8.31. The van der Waals surface area contributed by atoms with E-state index in [9.17, 15) is 0 Å². The lowest BCUT2D eigenvalue weighted by Crippen LogP contribution is -2.36. The zero-order valence-electron chi connectivity index (χ0n) is 10.4. The normalized spacial score (nSPS) is 11.1. The predicted octanol–water partition coefficient (Wildman–Crippen LogP) is 1.73. The van der Waals surface area contributed by atoms with E-state index in [4.69, 9.17) is 10.6 Å². The summed E-state index contributed by atoms with van der Waals surface area (Å²) >= 11 is 0. The van der Waals surface area contributed by atoms with E-state index in [2.05, 4.69) is 22.7 Å². The zero-order valence-corrected chi connectivity index (χ0v) is 10.4. The van der Waals surface area contributed by atoms with Gasteiger partial charge in [0.2, 0.25) is 5.96 Å². The fraction of sp³-hybridized carbons (Fsp3) is 0.417. The van der Waals surface area contributed by atoms with Gasteiger partial charge in [-0.25, -0.2) is 5.84 Å². The number of nitrogens with one attached hydrogen (secondary N) is 2. The van der Waals surface area contributed by atoms with Gasteiger partial charge in [-0.2, -0.15) is 0 Å². The Morgan fingerprint density at radius 1 is 1.35 bits per heavy atom. The molecule has 0 aliphatic heterocycles. The Hall–Kier alpha value is -1.75. The van der Waals surface area contributed by atoms with Gasteiger partial charge in [-0.15, -0.1) is 0 Å². The molecule has 0 unspecified atom stereocenters. The third-order valence-corrected chi connectivity index (χ3v) is 2.07. The lowest BCUT2D eigenvalue weighted by Gasteiger charge is -2.13. The summed E-state index contributed by atoms with van der Waals surface area (Å²) in [7, 11) is 0. The second-order valence-corrected chi connectivity index (χ2v) is 3.43. The first-order valence-electron chi connectivity index (χ1n) is 5.81. The van der Waals surface area contributed by atoms with E-state index in [1.165, 1.54) is 0 Å². The molecule has 0 saturated carbocycles. The summed E-state index contributed by atoms with van der Waals surface area (Å²) in [5.41, 5.74) is 3.39. The van der Waals surface area contributed by atoms with Gasteiger partial charge in [0.15, 0.2) is 0 Å². The first kappa shape index (κ1) is 13.3. The van der Waals surface area contributed by atoms with Gasteiger partial charge >= 0.3 is 0 Å². The van der Waals surface area contributed by atoms with Gasteiger partial charge in [-0.3, -0.25) is 10.4 Å². The minimum atomic E-state index is 0.541. The van der Waals surface area contributed by atoms with E-state index in [0.29, 0.717) is 12.6 Å². The number of ether oxygens (including phenoxy) is 1. The van der Waals surface area contributed by atoms with Crippen LogP contribution in [-0.2, 0) is 0 Å². The maximum atomic E-state index is 5.50. The summed E-state index contributed by atoms with van der Waals surface area (Å²) in [4.78, 5) is 4.27. The van der Waals surface area contributed by atoms with Crippen LogP contribution < -0.4 is 21.3 Å². The topological polar surface area (TPSA) is 71.7 Å². The van der Waals surface area contributed by atoms with E-state index in [0.717, 1.165) is 24.4 Å². The molecule has 0 aromatic heterocycles. The minimum absolute atomic E-state index is 0.541. The van der Waals surface area contributed by atoms with Crippen molar-refractivity contribution in [2.24, 2.45) is 10.8 Å². The lowest BCUT2D eigenvalue weighted by atomic mass is 10.3. The molecule has 0 atom stereocenters. The Kier molecular flexibility index (Phi) is 5.88. The number of hydrogen-bond donors (Lipinski definition) is 3. The summed E-state index contributed by atoms with van der Waals surface area (Å²) in [6.45, 7) is 5.36. The number of nitrogens with two attached hydrogens (primary N) is 1. The van der Waals surface area contributed by atoms with Crippen molar-refractivity contribution in [1.82, 2.24) is 5.43 Å². The summed E-state index contributed by atoms with van der Waals surface area (Å²) in [5.74, 6) is 6.73. The van der Waals surface area contributed by atoms with Crippen molar-refractivity contribution in [3.8, 4) is 5.75 Å². The highest BCUT2D eigenvalue weighted by Gasteiger charge is 2.04. The number of aliphatic imine (C=N–C) groups is 1. The average molecular weight is 236 g/mol. The van der Waals surface area contributed by atoms with Crippen molar-refractivity contribution in [3.63, 3.8) is 0 Å². The molecule has 94 valence electrons. The van der Waals surface area contributed by atoms with E-state index in [1.807, 2.05) is 31.2 Å². The quantitative estimate of drug-likeness (QED) is 0.315. The maximum absolute atomic E-state index is 5.50. The predicted molar refractivity (Wildman–Crippen MR) is 71.1 cm³/mol. The SMILES string of the molecule is CCCN=C(NN)Nc1ccccc1OCC. The summed E-state index contributed by atoms with van der Waals surface area (Å²) in [5, 5.41) is 3.11. The molecule has 5 nitrogen and oxygen atoms in total. The maximum Gasteiger partial charge on any atom is 0.210 e. The number of para-hydroxylation sites is 2. The van der Waals surface area contributed by atoms with Crippen LogP contribution in [0.1, 0.15) is 20.3 Å². The van der Waals surface area contributed by atoms with Crippen LogP contribution in [0.2, 0.25) is 0 Å². The second-order valence-electron chi connectivity index (χ2n) is 3.43. The Morgan fingerprint density at radius 3 is 2.76 bits per heavy atom. The molecule has 0 bridgehead atoms. The van der Waals surface area contributed by atoms with Crippen LogP contribution in [0.25, 0.3) is 0 Å². The number of nitrogens with zero attached hydrogens (tertiary/aromatic N) is 1. The zero-order chi connectivity index (χ0) is 12.5. The monoisotopic (exact) mass is 236 g/mol. The highest BCUT2D eigenvalue weighted by molar-refractivity contribution is 5.94. The summed E-state index contributed by atoms with van der Waals surface area (Å²) in [6, 6.07) is 7.68. The number of hydrogen-bond acceptors (Lipinski definition) is 3. The van der Waals surface area contributed by atoms with Crippen LogP contribution >= 0.6 is 0 Å². The summed E-state index contributed by atoms with van der Waals surface area (Å²) < 4.78 is 5.50. The van der Waals surface area contributed by atoms with Crippen molar-refractivity contribution in [3.05, 3.63) is 24.3 Å². The number of hydrazine groups is 1. The van der Waals surface area contributed by atoms with Crippen LogP contribution in [0.4, 0.5) is 5.69 Å². The van der Waals surface area contributed by atoms with Gasteiger partial charge in [0.25, 0.3) is 0 Å². The molecular formula is C12H20N4O. The molecule has 0 heterocycles. The fourth-order valence-electron chi connectivity index (χ4n) is 1.32.